The lowest BCUT2D eigenvalue weighted by molar-refractivity contribution is 0.384. The molecule has 1 aromatic heterocycles. The standard InChI is InChI=1S/C12H11BrN2O2/c1-16-11-6-5-10(14)12(15-11)17-9-4-2-3-8(13)7-9/h2-7H,14H2,1H3. The lowest BCUT2D eigenvalue weighted by Gasteiger charge is -2.08. The smallest absolute Gasteiger partial charge is 0.246 e. The normalized spacial score (nSPS) is 10.0. The van der Waals surface area contributed by atoms with Crippen molar-refractivity contribution in [1.82, 2.24) is 4.98 Å². The number of aromatic nitrogens is 1. The molecule has 2 aromatic rings. The van der Waals surface area contributed by atoms with E-state index in [1.165, 1.54) is 0 Å². The summed E-state index contributed by atoms with van der Waals surface area (Å²) in [5.74, 6) is 1.46. The summed E-state index contributed by atoms with van der Waals surface area (Å²) in [4.78, 5) is 4.13. The van der Waals surface area contributed by atoms with E-state index in [4.69, 9.17) is 15.2 Å². The zero-order chi connectivity index (χ0) is 12.3. The molecular weight excluding hydrogens is 284 g/mol. The number of halogens is 1. The van der Waals surface area contributed by atoms with E-state index in [0.29, 0.717) is 23.2 Å². The Hall–Kier alpha value is -1.75. The molecule has 0 unspecified atom stereocenters. The Balaban J connectivity index is 2.29. The monoisotopic (exact) mass is 294 g/mol. The second kappa shape index (κ2) is 5.05. The zero-order valence-electron chi connectivity index (χ0n) is 9.18. The largest absolute Gasteiger partial charge is 0.481 e. The summed E-state index contributed by atoms with van der Waals surface area (Å²) in [7, 11) is 1.54. The number of rotatable bonds is 3. The van der Waals surface area contributed by atoms with Crippen LogP contribution in [0.15, 0.2) is 40.9 Å². The van der Waals surface area contributed by atoms with Gasteiger partial charge in [-0.2, -0.15) is 4.98 Å². The van der Waals surface area contributed by atoms with Crippen LogP contribution in [0.25, 0.3) is 0 Å². The van der Waals surface area contributed by atoms with E-state index in [1.54, 1.807) is 19.2 Å². The molecule has 1 aromatic carbocycles. The summed E-state index contributed by atoms with van der Waals surface area (Å²) in [5, 5.41) is 0. The molecule has 0 atom stereocenters. The molecule has 0 saturated heterocycles. The molecule has 2 N–H and O–H groups in total. The third-order valence-electron chi connectivity index (χ3n) is 2.08. The van der Waals surface area contributed by atoms with Crippen molar-refractivity contribution in [3.8, 4) is 17.5 Å². The van der Waals surface area contributed by atoms with Crippen LogP contribution in [0.5, 0.6) is 17.5 Å². The van der Waals surface area contributed by atoms with Gasteiger partial charge in [-0.1, -0.05) is 22.0 Å². The van der Waals surface area contributed by atoms with E-state index in [-0.39, 0.29) is 0 Å². The van der Waals surface area contributed by atoms with E-state index < -0.39 is 0 Å². The number of anilines is 1. The molecule has 1 heterocycles. The molecule has 0 saturated carbocycles. The first-order chi connectivity index (χ1) is 8.19. The third-order valence-corrected chi connectivity index (χ3v) is 2.58. The topological polar surface area (TPSA) is 57.4 Å². The fourth-order valence-corrected chi connectivity index (χ4v) is 1.65. The predicted octanol–water partition coefficient (Wildman–Crippen LogP) is 3.23. The summed E-state index contributed by atoms with van der Waals surface area (Å²) in [6.45, 7) is 0. The predicted molar refractivity (Wildman–Crippen MR) is 69.4 cm³/mol. The maximum atomic E-state index is 5.78. The van der Waals surface area contributed by atoms with E-state index >= 15 is 0 Å². The van der Waals surface area contributed by atoms with Crippen LogP contribution >= 0.6 is 15.9 Å². The lowest BCUT2D eigenvalue weighted by atomic mass is 10.3. The fourth-order valence-electron chi connectivity index (χ4n) is 1.27. The van der Waals surface area contributed by atoms with E-state index in [0.717, 1.165) is 4.47 Å². The third kappa shape index (κ3) is 2.88. The average Bonchev–Trinajstić information content (AvgIpc) is 2.32. The van der Waals surface area contributed by atoms with Gasteiger partial charge in [0.25, 0.3) is 0 Å². The minimum absolute atomic E-state index is 0.336. The molecule has 4 nitrogen and oxygen atoms in total. The van der Waals surface area contributed by atoms with Crippen LogP contribution in [0.4, 0.5) is 5.69 Å². The number of ether oxygens (including phenoxy) is 2. The van der Waals surface area contributed by atoms with Gasteiger partial charge < -0.3 is 15.2 Å². The Bertz CT molecular complexity index is 532. The number of nitrogen functional groups attached to an aromatic ring is 1. The molecule has 2 rings (SSSR count). The van der Waals surface area contributed by atoms with Crippen LogP contribution in [0, 0.1) is 0 Å². The van der Waals surface area contributed by atoms with Crippen molar-refractivity contribution >= 4 is 21.6 Å². The van der Waals surface area contributed by atoms with Crippen LogP contribution in [0.1, 0.15) is 0 Å². The van der Waals surface area contributed by atoms with Crippen molar-refractivity contribution in [1.29, 1.82) is 0 Å². The highest BCUT2D eigenvalue weighted by atomic mass is 79.9. The van der Waals surface area contributed by atoms with Gasteiger partial charge in [0, 0.05) is 10.5 Å². The van der Waals surface area contributed by atoms with Gasteiger partial charge in [0.1, 0.15) is 5.75 Å². The van der Waals surface area contributed by atoms with Crippen LogP contribution in [0.2, 0.25) is 0 Å². The second-order valence-electron chi connectivity index (χ2n) is 3.31. The van der Waals surface area contributed by atoms with Crippen LogP contribution in [-0.2, 0) is 0 Å². The number of hydrogen-bond donors (Lipinski definition) is 1. The Morgan fingerprint density at radius 3 is 2.76 bits per heavy atom. The highest BCUT2D eigenvalue weighted by molar-refractivity contribution is 9.10. The molecule has 0 bridgehead atoms. The van der Waals surface area contributed by atoms with Crippen molar-refractivity contribution in [3.05, 3.63) is 40.9 Å². The lowest BCUT2D eigenvalue weighted by Crippen LogP contribution is -1.97. The Kier molecular flexibility index (Phi) is 3.49. The summed E-state index contributed by atoms with van der Waals surface area (Å²) < 4.78 is 11.5. The van der Waals surface area contributed by atoms with Crippen molar-refractivity contribution in [2.75, 3.05) is 12.8 Å². The van der Waals surface area contributed by atoms with E-state index in [2.05, 4.69) is 20.9 Å². The fraction of sp³-hybridized carbons (Fsp3) is 0.0833. The SMILES string of the molecule is COc1ccc(N)c(Oc2cccc(Br)c2)n1. The first-order valence-corrected chi connectivity index (χ1v) is 5.72. The number of methoxy groups -OCH3 is 1. The van der Waals surface area contributed by atoms with Crippen molar-refractivity contribution in [2.45, 2.75) is 0 Å². The number of hydrogen-bond acceptors (Lipinski definition) is 4. The van der Waals surface area contributed by atoms with Gasteiger partial charge in [0.05, 0.1) is 12.8 Å². The molecule has 0 aliphatic rings. The van der Waals surface area contributed by atoms with Gasteiger partial charge in [-0.05, 0) is 24.3 Å². The molecular formula is C12H11BrN2O2. The average molecular weight is 295 g/mol. The van der Waals surface area contributed by atoms with Crippen LogP contribution < -0.4 is 15.2 Å². The molecule has 0 aliphatic heterocycles. The van der Waals surface area contributed by atoms with Gasteiger partial charge in [0.2, 0.25) is 11.8 Å². The maximum Gasteiger partial charge on any atom is 0.246 e. The molecule has 0 aliphatic carbocycles. The molecule has 0 radical (unpaired) electrons. The van der Waals surface area contributed by atoms with Crippen LogP contribution in [0.3, 0.4) is 0 Å². The molecule has 88 valence electrons. The highest BCUT2D eigenvalue weighted by Gasteiger charge is 2.06. The van der Waals surface area contributed by atoms with Crippen LogP contribution in [-0.4, -0.2) is 12.1 Å². The van der Waals surface area contributed by atoms with Gasteiger partial charge in [-0.3, -0.25) is 0 Å². The van der Waals surface area contributed by atoms with E-state index in [1.807, 2.05) is 24.3 Å². The van der Waals surface area contributed by atoms with Crippen molar-refractivity contribution in [3.63, 3.8) is 0 Å². The van der Waals surface area contributed by atoms with Gasteiger partial charge in [-0.15, -0.1) is 0 Å². The number of nitrogens with zero attached hydrogens (tertiary/aromatic N) is 1. The molecule has 5 heteroatoms. The summed E-state index contributed by atoms with van der Waals surface area (Å²) in [6, 6.07) is 10.8. The molecule has 0 fully saturated rings. The number of benzene rings is 1. The molecule has 0 spiro atoms. The Morgan fingerprint density at radius 2 is 2.06 bits per heavy atom. The minimum atomic E-state index is 0.336. The number of pyridine rings is 1. The van der Waals surface area contributed by atoms with E-state index in [9.17, 15) is 0 Å². The summed E-state index contributed by atoms with van der Waals surface area (Å²) in [6.07, 6.45) is 0. The minimum Gasteiger partial charge on any atom is -0.481 e. The van der Waals surface area contributed by atoms with Crippen molar-refractivity contribution in [2.24, 2.45) is 0 Å². The Labute approximate surface area is 108 Å². The second-order valence-corrected chi connectivity index (χ2v) is 4.22. The first-order valence-electron chi connectivity index (χ1n) is 4.93. The van der Waals surface area contributed by atoms with Crippen molar-refractivity contribution < 1.29 is 9.47 Å². The van der Waals surface area contributed by atoms with Gasteiger partial charge >= 0.3 is 0 Å². The Morgan fingerprint density at radius 1 is 1.24 bits per heavy atom. The summed E-state index contributed by atoms with van der Waals surface area (Å²) >= 11 is 3.37. The number of nitrogens with two attached hydrogens (primary N) is 1. The first kappa shape index (κ1) is 11.7. The molecule has 0 amide bonds. The highest BCUT2D eigenvalue weighted by Crippen LogP contribution is 2.28. The quantitative estimate of drug-likeness (QED) is 0.944. The zero-order valence-corrected chi connectivity index (χ0v) is 10.8. The van der Waals surface area contributed by atoms with Gasteiger partial charge in [0.15, 0.2) is 0 Å². The summed E-state index contributed by atoms with van der Waals surface area (Å²) in [5.41, 5.74) is 6.24. The molecule has 17 heavy (non-hydrogen) atoms. The van der Waals surface area contributed by atoms with Gasteiger partial charge in [-0.25, -0.2) is 0 Å². The maximum absolute atomic E-state index is 5.78.